The average Bonchev–Trinajstić information content (AvgIpc) is 2.40. The van der Waals surface area contributed by atoms with E-state index in [1.54, 1.807) is 18.5 Å². The van der Waals surface area contributed by atoms with E-state index < -0.39 is 15.8 Å². The number of pyridine rings is 1. The molecule has 2 aromatic rings. The second-order valence-electron chi connectivity index (χ2n) is 4.31. The van der Waals surface area contributed by atoms with Gasteiger partial charge in [-0.05, 0) is 42.3 Å². The summed E-state index contributed by atoms with van der Waals surface area (Å²) in [5.41, 5.74) is 7.23. The minimum Gasteiger partial charge on any atom is -0.398 e. The van der Waals surface area contributed by atoms with E-state index in [2.05, 4.69) is 9.71 Å². The molecule has 0 atom stereocenters. The predicted octanol–water partition coefficient (Wildman–Crippen LogP) is 1.59. The number of sulfonamides is 1. The van der Waals surface area contributed by atoms with Crippen LogP contribution in [0.5, 0.6) is 0 Å². The molecule has 0 fully saturated rings. The van der Waals surface area contributed by atoms with E-state index in [0.29, 0.717) is 0 Å². The van der Waals surface area contributed by atoms with Gasteiger partial charge in [0.25, 0.3) is 0 Å². The summed E-state index contributed by atoms with van der Waals surface area (Å²) in [5.74, 6) is -0.655. The van der Waals surface area contributed by atoms with Crippen molar-refractivity contribution in [3.05, 3.63) is 53.6 Å². The van der Waals surface area contributed by atoms with Gasteiger partial charge in [-0.2, -0.15) is 0 Å². The van der Waals surface area contributed by atoms with Gasteiger partial charge in [-0.15, -0.1) is 0 Å². The summed E-state index contributed by atoms with van der Waals surface area (Å²) in [6, 6.07) is 5.01. The highest BCUT2D eigenvalue weighted by atomic mass is 32.2. The number of benzene rings is 1. The molecule has 1 heterocycles. The third-order valence-corrected chi connectivity index (χ3v) is 4.32. The first kappa shape index (κ1) is 14.4. The molecule has 2 rings (SSSR count). The molecule has 20 heavy (non-hydrogen) atoms. The topological polar surface area (TPSA) is 85.1 Å². The Morgan fingerprint density at radius 2 is 2.10 bits per heavy atom. The van der Waals surface area contributed by atoms with Gasteiger partial charge in [-0.3, -0.25) is 4.98 Å². The van der Waals surface area contributed by atoms with Crippen LogP contribution in [0.2, 0.25) is 0 Å². The van der Waals surface area contributed by atoms with Crippen LogP contribution in [0.3, 0.4) is 0 Å². The van der Waals surface area contributed by atoms with Crippen LogP contribution in [-0.2, 0) is 16.6 Å². The summed E-state index contributed by atoms with van der Waals surface area (Å²) in [6.07, 6.45) is 3.20. The highest BCUT2D eigenvalue weighted by molar-refractivity contribution is 7.89. The zero-order chi connectivity index (χ0) is 14.8. The molecule has 5 nitrogen and oxygen atoms in total. The molecule has 0 radical (unpaired) electrons. The Morgan fingerprint density at radius 1 is 1.35 bits per heavy atom. The van der Waals surface area contributed by atoms with E-state index in [9.17, 15) is 12.8 Å². The molecule has 1 aromatic heterocycles. The Bertz CT molecular complexity index is 732. The normalized spacial score (nSPS) is 11.5. The van der Waals surface area contributed by atoms with Crippen LogP contribution in [0.25, 0.3) is 0 Å². The number of aromatic nitrogens is 1. The molecule has 0 spiro atoms. The first-order chi connectivity index (χ1) is 9.40. The number of hydrogen-bond donors (Lipinski definition) is 2. The molecule has 0 unspecified atom stereocenters. The van der Waals surface area contributed by atoms with Crippen LogP contribution >= 0.6 is 0 Å². The first-order valence-corrected chi connectivity index (χ1v) is 7.32. The van der Waals surface area contributed by atoms with E-state index in [0.717, 1.165) is 23.3 Å². The van der Waals surface area contributed by atoms with Crippen molar-refractivity contribution in [2.75, 3.05) is 5.73 Å². The summed E-state index contributed by atoms with van der Waals surface area (Å²) in [5, 5.41) is 0. The second-order valence-corrected chi connectivity index (χ2v) is 6.04. The van der Waals surface area contributed by atoms with Gasteiger partial charge < -0.3 is 5.73 Å². The molecule has 3 N–H and O–H groups in total. The lowest BCUT2D eigenvalue weighted by molar-refractivity contribution is 0.578. The van der Waals surface area contributed by atoms with E-state index >= 15 is 0 Å². The maximum atomic E-state index is 13.1. The zero-order valence-electron chi connectivity index (χ0n) is 10.8. The third kappa shape index (κ3) is 3.12. The number of hydrogen-bond acceptors (Lipinski definition) is 4. The first-order valence-electron chi connectivity index (χ1n) is 5.84. The molecule has 0 aliphatic carbocycles. The zero-order valence-corrected chi connectivity index (χ0v) is 11.6. The Morgan fingerprint density at radius 3 is 2.80 bits per heavy atom. The molecule has 0 aliphatic rings. The molecule has 0 saturated heterocycles. The van der Waals surface area contributed by atoms with Crippen molar-refractivity contribution in [3.63, 3.8) is 0 Å². The fourth-order valence-corrected chi connectivity index (χ4v) is 2.82. The molecule has 0 aliphatic heterocycles. The van der Waals surface area contributed by atoms with Crippen molar-refractivity contribution in [3.8, 4) is 0 Å². The van der Waals surface area contributed by atoms with E-state index in [-0.39, 0.29) is 17.1 Å². The van der Waals surface area contributed by atoms with Crippen molar-refractivity contribution in [2.45, 2.75) is 18.4 Å². The van der Waals surface area contributed by atoms with Gasteiger partial charge in [0, 0.05) is 18.9 Å². The van der Waals surface area contributed by atoms with Gasteiger partial charge in [0.1, 0.15) is 10.7 Å². The van der Waals surface area contributed by atoms with Gasteiger partial charge in [-0.1, -0.05) is 0 Å². The summed E-state index contributed by atoms with van der Waals surface area (Å²) in [4.78, 5) is 3.67. The summed E-state index contributed by atoms with van der Waals surface area (Å²) in [6.45, 7) is 1.92. The number of halogens is 1. The number of anilines is 1. The molecule has 106 valence electrons. The smallest absolute Gasteiger partial charge is 0.243 e. The fraction of sp³-hybridized carbons (Fsp3) is 0.154. The van der Waals surface area contributed by atoms with Crippen molar-refractivity contribution < 1.29 is 12.8 Å². The predicted molar refractivity (Wildman–Crippen MR) is 73.8 cm³/mol. The minimum absolute atomic E-state index is 0.00167. The van der Waals surface area contributed by atoms with Crippen LogP contribution in [0.4, 0.5) is 10.1 Å². The summed E-state index contributed by atoms with van der Waals surface area (Å²) >= 11 is 0. The standard InChI is InChI=1S/C13H14FN3O2S/c1-9-4-5-16-7-10(9)8-17-20(18,19)13-6-11(14)2-3-12(13)15/h2-7,17H,8,15H2,1H3. The lowest BCUT2D eigenvalue weighted by Gasteiger charge is -2.10. The Kier molecular flexibility index (Phi) is 4.01. The number of nitrogens with two attached hydrogens (primary N) is 1. The monoisotopic (exact) mass is 295 g/mol. The summed E-state index contributed by atoms with van der Waals surface area (Å²) < 4.78 is 39.8. The SMILES string of the molecule is Cc1ccncc1CNS(=O)(=O)c1cc(F)ccc1N. The molecule has 0 amide bonds. The lowest BCUT2D eigenvalue weighted by Crippen LogP contribution is -2.24. The van der Waals surface area contributed by atoms with Gasteiger partial charge in [0.15, 0.2) is 0 Å². The Balaban J connectivity index is 2.24. The van der Waals surface area contributed by atoms with E-state index in [1.807, 2.05) is 6.92 Å². The number of aryl methyl sites for hydroxylation is 1. The number of rotatable bonds is 4. The van der Waals surface area contributed by atoms with Gasteiger partial charge in [-0.25, -0.2) is 17.5 Å². The van der Waals surface area contributed by atoms with Crippen molar-refractivity contribution in [2.24, 2.45) is 0 Å². The van der Waals surface area contributed by atoms with Crippen LogP contribution < -0.4 is 10.5 Å². The molecule has 1 aromatic carbocycles. The van der Waals surface area contributed by atoms with Gasteiger partial charge >= 0.3 is 0 Å². The highest BCUT2D eigenvalue weighted by Gasteiger charge is 2.18. The van der Waals surface area contributed by atoms with E-state index in [4.69, 9.17) is 5.73 Å². The molecular formula is C13H14FN3O2S. The van der Waals surface area contributed by atoms with E-state index in [1.165, 1.54) is 6.07 Å². The minimum atomic E-state index is -3.87. The Hall–Kier alpha value is -1.99. The van der Waals surface area contributed by atoms with Crippen LogP contribution in [0.15, 0.2) is 41.6 Å². The molecule has 0 saturated carbocycles. The van der Waals surface area contributed by atoms with Crippen LogP contribution in [-0.4, -0.2) is 13.4 Å². The lowest BCUT2D eigenvalue weighted by atomic mass is 10.2. The highest BCUT2D eigenvalue weighted by Crippen LogP contribution is 2.19. The van der Waals surface area contributed by atoms with Crippen molar-refractivity contribution >= 4 is 15.7 Å². The maximum absolute atomic E-state index is 13.1. The second kappa shape index (κ2) is 5.56. The molecular weight excluding hydrogens is 281 g/mol. The average molecular weight is 295 g/mol. The van der Waals surface area contributed by atoms with Gasteiger partial charge in [0.2, 0.25) is 10.0 Å². The molecule has 7 heteroatoms. The third-order valence-electron chi connectivity index (χ3n) is 2.87. The largest absolute Gasteiger partial charge is 0.398 e. The van der Waals surface area contributed by atoms with Crippen LogP contribution in [0, 0.1) is 12.7 Å². The van der Waals surface area contributed by atoms with Crippen molar-refractivity contribution in [1.29, 1.82) is 0 Å². The van der Waals surface area contributed by atoms with Crippen molar-refractivity contribution in [1.82, 2.24) is 9.71 Å². The van der Waals surface area contributed by atoms with Gasteiger partial charge in [0.05, 0.1) is 5.69 Å². The fourth-order valence-electron chi connectivity index (χ4n) is 1.67. The number of nitrogens with zero attached hydrogens (tertiary/aromatic N) is 1. The molecule has 0 bridgehead atoms. The number of nitrogens with one attached hydrogen (secondary N) is 1. The number of nitrogen functional groups attached to an aromatic ring is 1. The maximum Gasteiger partial charge on any atom is 0.243 e. The summed E-state index contributed by atoms with van der Waals surface area (Å²) in [7, 11) is -3.87. The quantitative estimate of drug-likeness (QED) is 0.839. The Labute approximate surface area is 116 Å². The van der Waals surface area contributed by atoms with Crippen LogP contribution in [0.1, 0.15) is 11.1 Å².